The zero-order valence-corrected chi connectivity index (χ0v) is 29.9. The molecule has 2 heterocycles. The first kappa shape index (κ1) is 37.1. The molecule has 0 spiro atoms. The summed E-state index contributed by atoms with van der Waals surface area (Å²) in [6.45, 7) is 0.345. The minimum Gasteiger partial charge on any atom is -0.481 e. The Morgan fingerprint density at radius 1 is 0.768 bits per heavy atom. The Balaban J connectivity index is 1.25. The SMILES string of the molecule is O=C(O)CCCCCNc1nc(Nc2ccc(S(=O)(=O)O)c(Nc3ccc4[nH]c(=O)cc5c4c3C(=O)c3ccccc3-5)c2)nc(Oc2ccccc2C(=O)O)n1. The molecular weight excluding hydrogens is 747 g/mol. The van der Waals surface area contributed by atoms with E-state index in [2.05, 4.69) is 35.9 Å². The van der Waals surface area contributed by atoms with Gasteiger partial charge in [-0.05, 0) is 66.4 Å². The van der Waals surface area contributed by atoms with Crippen LogP contribution in [0.2, 0.25) is 0 Å². The highest BCUT2D eigenvalue weighted by Gasteiger charge is 2.29. The van der Waals surface area contributed by atoms with Gasteiger partial charge in [-0.15, -0.1) is 0 Å². The van der Waals surface area contributed by atoms with E-state index in [0.717, 1.165) is 6.07 Å². The van der Waals surface area contributed by atoms with Gasteiger partial charge in [-0.3, -0.25) is 18.9 Å². The Hall–Kier alpha value is -7.18. The van der Waals surface area contributed by atoms with Crippen molar-refractivity contribution < 1.29 is 42.3 Å². The number of nitrogens with zero attached hydrogens (tertiary/aromatic N) is 3. The predicted molar refractivity (Wildman–Crippen MR) is 204 cm³/mol. The number of para-hydroxylation sites is 1. The number of anilines is 5. The number of pyridine rings is 1. The van der Waals surface area contributed by atoms with Gasteiger partial charge < -0.3 is 35.9 Å². The third kappa shape index (κ3) is 7.86. The van der Waals surface area contributed by atoms with Crippen molar-refractivity contribution in [1.82, 2.24) is 19.9 Å². The van der Waals surface area contributed by atoms with E-state index in [0.29, 0.717) is 53.4 Å². The van der Waals surface area contributed by atoms with Gasteiger partial charge in [-0.1, -0.05) is 42.8 Å². The molecule has 0 unspecified atom stereocenters. The van der Waals surface area contributed by atoms with Crippen molar-refractivity contribution in [2.45, 2.75) is 30.6 Å². The number of H-pyrrole nitrogens is 1. The van der Waals surface area contributed by atoms with Crippen LogP contribution in [-0.2, 0) is 14.9 Å². The summed E-state index contributed by atoms with van der Waals surface area (Å²) in [5, 5.41) is 28.0. The summed E-state index contributed by atoms with van der Waals surface area (Å²) in [6, 6.07) is 20.7. The molecule has 17 nitrogen and oxygen atoms in total. The third-order valence-electron chi connectivity index (χ3n) is 8.76. The second-order valence-corrected chi connectivity index (χ2v) is 14.0. The number of unbranched alkanes of at least 4 members (excludes halogenated alkanes) is 2. The lowest BCUT2D eigenvalue weighted by Crippen LogP contribution is -2.16. The van der Waals surface area contributed by atoms with Crippen molar-refractivity contribution in [2.75, 3.05) is 22.5 Å². The molecule has 7 rings (SSSR count). The van der Waals surface area contributed by atoms with Crippen molar-refractivity contribution >= 4 is 67.7 Å². The van der Waals surface area contributed by atoms with Crippen LogP contribution in [0, 0.1) is 0 Å². The average molecular weight is 778 g/mol. The Kier molecular flexibility index (Phi) is 10.1. The van der Waals surface area contributed by atoms with Crippen LogP contribution in [0.25, 0.3) is 22.0 Å². The van der Waals surface area contributed by atoms with Crippen LogP contribution in [0.1, 0.15) is 52.0 Å². The number of aliphatic carboxylic acids is 1. The van der Waals surface area contributed by atoms with E-state index in [9.17, 15) is 37.3 Å². The van der Waals surface area contributed by atoms with Crippen LogP contribution in [0.15, 0.2) is 94.6 Å². The summed E-state index contributed by atoms with van der Waals surface area (Å²) in [6.07, 6.45) is 1.69. The van der Waals surface area contributed by atoms with Crippen LogP contribution in [0.5, 0.6) is 11.8 Å². The minimum absolute atomic E-state index is 0.0272. The average Bonchev–Trinajstić information content (AvgIpc) is 3.15. The highest BCUT2D eigenvalue weighted by atomic mass is 32.2. The summed E-state index contributed by atoms with van der Waals surface area (Å²) >= 11 is 0. The maximum atomic E-state index is 14.0. The quantitative estimate of drug-likeness (QED) is 0.0451. The fourth-order valence-electron chi connectivity index (χ4n) is 6.31. The smallest absolute Gasteiger partial charge is 0.339 e. The fourth-order valence-corrected chi connectivity index (χ4v) is 6.94. The number of benzene rings is 4. The first-order valence-electron chi connectivity index (χ1n) is 17.1. The molecule has 1 aliphatic carbocycles. The summed E-state index contributed by atoms with van der Waals surface area (Å²) in [7, 11) is -4.82. The van der Waals surface area contributed by atoms with Crippen molar-refractivity contribution in [3.8, 4) is 22.9 Å². The topological polar surface area (TPSA) is 263 Å². The Morgan fingerprint density at radius 3 is 2.29 bits per heavy atom. The van der Waals surface area contributed by atoms with Crippen LogP contribution in [-0.4, -0.2) is 67.4 Å². The van der Waals surface area contributed by atoms with Crippen molar-refractivity contribution in [1.29, 1.82) is 0 Å². The summed E-state index contributed by atoms with van der Waals surface area (Å²) in [5.74, 6) is -2.65. The van der Waals surface area contributed by atoms with Crippen LogP contribution in [0.4, 0.5) is 29.0 Å². The molecule has 2 aromatic heterocycles. The predicted octanol–water partition coefficient (Wildman–Crippen LogP) is 6.21. The molecule has 0 bridgehead atoms. The second kappa shape index (κ2) is 15.3. The summed E-state index contributed by atoms with van der Waals surface area (Å²) in [4.78, 5) is 64.4. The van der Waals surface area contributed by atoms with Gasteiger partial charge in [0.1, 0.15) is 16.2 Å². The standard InChI is InChI=1S/C38H31N7O10S/c46-30-19-24-21-8-3-4-9-22(21)34(49)33-26(15-14-25(42-30)32(24)33)41-27-18-20(13-16-29(27)56(52,53)54)40-37-43-36(39-17-7-1-2-12-31(47)48)44-38(45-37)55-28-11-6-5-10-23(28)35(50)51/h3-6,8-11,13-16,18-19,41H,1-2,7,12,17H2,(H,42,46)(H,47,48)(H,50,51)(H,52,53,54)(H2,39,40,43,44,45). The van der Waals surface area contributed by atoms with E-state index >= 15 is 0 Å². The first-order chi connectivity index (χ1) is 26.9. The van der Waals surface area contributed by atoms with Crippen LogP contribution < -0.4 is 26.2 Å². The molecule has 0 fully saturated rings. The number of aromatic amines is 1. The number of rotatable bonds is 15. The van der Waals surface area contributed by atoms with E-state index < -0.39 is 27.0 Å². The molecule has 284 valence electrons. The summed E-state index contributed by atoms with van der Waals surface area (Å²) < 4.78 is 41.2. The van der Waals surface area contributed by atoms with Crippen LogP contribution >= 0.6 is 0 Å². The number of fused-ring (bicyclic) bond motifs is 2. The maximum Gasteiger partial charge on any atom is 0.339 e. The lowest BCUT2D eigenvalue weighted by Gasteiger charge is -2.23. The fraction of sp³-hybridized carbons (Fsp3) is 0.132. The van der Waals surface area contributed by atoms with Gasteiger partial charge in [-0.25, -0.2) is 4.79 Å². The highest BCUT2D eigenvalue weighted by Crippen LogP contribution is 2.42. The van der Waals surface area contributed by atoms with Gasteiger partial charge in [0.2, 0.25) is 17.5 Å². The molecule has 0 saturated heterocycles. The number of nitrogens with one attached hydrogen (secondary N) is 4. The maximum absolute atomic E-state index is 14.0. The van der Waals surface area contributed by atoms with E-state index in [1.165, 1.54) is 42.5 Å². The number of carboxylic acid groups (broad SMARTS) is 2. The molecule has 0 aliphatic heterocycles. The zero-order valence-electron chi connectivity index (χ0n) is 29.1. The van der Waals surface area contributed by atoms with E-state index in [1.54, 1.807) is 36.4 Å². The largest absolute Gasteiger partial charge is 0.481 e. The number of hydrogen-bond acceptors (Lipinski definition) is 13. The van der Waals surface area contributed by atoms with E-state index in [-0.39, 0.29) is 69.6 Å². The number of aromatic nitrogens is 4. The first-order valence-corrected chi connectivity index (χ1v) is 18.5. The second-order valence-electron chi connectivity index (χ2n) is 12.6. The molecule has 0 amide bonds. The number of ketones is 1. The number of hydrogen-bond donors (Lipinski definition) is 7. The Labute approximate surface area is 317 Å². The number of ether oxygens (including phenoxy) is 1. The molecule has 0 atom stereocenters. The lowest BCUT2D eigenvalue weighted by atomic mass is 9.83. The van der Waals surface area contributed by atoms with Gasteiger partial charge in [0, 0.05) is 41.2 Å². The Morgan fingerprint density at radius 2 is 1.52 bits per heavy atom. The monoisotopic (exact) mass is 777 g/mol. The van der Waals surface area contributed by atoms with Gasteiger partial charge in [0.05, 0.1) is 16.9 Å². The van der Waals surface area contributed by atoms with Gasteiger partial charge in [0.25, 0.3) is 10.1 Å². The number of carbonyl (C=O) groups excluding carboxylic acids is 1. The zero-order chi connectivity index (χ0) is 39.6. The molecule has 1 aliphatic rings. The number of carboxylic acids is 2. The normalized spacial score (nSPS) is 11.8. The number of carbonyl (C=O) groups is 3. The molecule has 4 aromatic carbocycles. The minimum atomic E-state index is -4.82. The number of aromatic carboxylic acids is 1. The van der Waals surface area contributed by atoms with Crippen molar-refractivity contribution in [3.63, 3.8) is 0 Å². The molecular formula is C38H31N7O10S. The highest BCUT2D eigenvalue weighted by molar-refractivity contribution is 7.86. The van der Waals surface area contributed by atoms with Gasteiger partial charge in [-0.2, -0.15) is 23.4 Å². The molecule has 7 N–H and O–H groups in total. The molecule has 6 aromatic rings. The summed E-state index contributed by atoms with van der Waals surface area (Å²) in [5.41, 5.74) is 1.74. The van der Waals surface area contributed by atoms with E-state index in [1.807, 2.05) is 0 Å². The third-order valence-corrected chi connectivity index (χ3v) is 9.68. The van der Waals surface area contributed by atoms with Gasteiger partial charge in [0.15, 0.2) is 5.78 Å². The van der Waals surface area contributed by atoms with E-state index in [4.69, 9.17) is 9.84 Å². The molecule has 0 saturated carbocycles. The molecule has 56 heavy (non-hydrogen) atoms. The lowest BCUT2D eigenvalue weighted by molar-refractivity contribution is -0.137. The van der Waals surface area contributed by atoms with Crippen LogP contribution in [0.3, 0.4) is 0 Å². The molecule has 18 heteroatoms. The van der Waals surface area contributed by atoms with Gasteiger partial charge >= 0.3 is 17.9 Å². The Bertz CT molecular complexity index is 2740. The van der Waals surface area contributed by atoms with Crippen molar-refractivity contribution in [2.24, 2.45) is 0 Å². The van der Waals surface area contributed by atoms with Crippen molar-refractivity contribution in [3.05, 3.63) is 112 Å². The molecule has 0 radical (unpaired) electrons.